The summed E-state index contributed by atoms with van der Waals surface area (Å²) < 4.78 is 33.3. The summed E-state index contributed by atoms with van der Waals surface area (Å²) in [6.45, 7) is -0.724. The Hall–Kier alpha value is -3.44. The fraction of sp³-hybridized carbons (Fsp3) is 0.158. The number of anilines is 2. The number of aromatic nitrogens is 2. The second kappa shape index (κ2) is 12.4. The number of nitrogens with zero attached hydrogens (tertiary/aromatic N) is 2. The molecule has 0 saturated carbocycles. The molecule has 0 fully saturated rings. The predicted molar refractivity (Wildman–Crippen MR) is 116 cm³/mol. The number of alkyl halides is 2. The fourth-order valence-corrected chi connectivity index (χ4v) is 2.44. The molecule has 0 saturated heterocycles. The minimum atomic E-state index is -2.71. The summed E-state index contributed by atoms with van der Waals surface area (Å²) in [4.78, 5) is 19.4. The molecule has 0 bridgehead atoms. The average Bonchev–Trinajstić information content (AvgIpc) is 3.33. The summed E-state index contributed by atoms with van der Waals surface area (Å²) in [7, 11) is 0. The molecule has 0 aliphatic heterocycles. The number of amides is 2. The molecule has 0 aliphatic rings. The Morgan fingerprint density at radius 3 is 2.62 bits per heavy atom. The van der Waals surface area contributed by atoms with Crippen LogP contribution >= 0.6 is 23.2 Å². The van der Waals surface area contributed by atoms with Crippen molar-refractivity contribution in [2.45, 2.75) is 13.0 Å². The van der Waals surface area contributed by atoms with E-state index < -0.39 is 25.0 Å². The number of urea groups is 1. The quantitative estimate of drug-likeness (QED) is 0.297. The van der Waals surface area contributed by atoms with Gasteiger partial charge in [0.05, 0.1) is 21.8 Å². The molecule has 32 heavy (non-hydrogen) atoms. The van der Waals surface area contributed by atoms with Gasteiger partial charge in [-0.1, -0.05) is 29.3 Å². The molecule has 5 N–H and O–H groups in total. The molecule has 0 unspecified atom stereocenters. The molecule has 0 atom stereocenters. The summed E-state index contributed by atoms with van der Waals surface area (Å²) in [5.41, 5.74) is 6.58. The van der Waals surface area contributed by atoms with E-state index in [2.05, 4.69) is 29.8 Å². The van der Waals surface area contributed by atoms with Gasteiger partial charge in [0.2, 0.25) is 5.90 Å². The second-order valence-corrected chi connectivity index (χ2v) is 6.73. The first-order valence-electron chi connectivity index (χ1n) is 8.82. The summed E-state index contributed by atoms with van der Waals surface area (Å²) in [5, 5.41) is 13.4. The first kappa shape index (κ1) is 24.8. The molecule has 3 rings (SSSR count). The van der Waals surface area contributed by atoms with Gasteiger partial charge in [0.25, 0.3) is 6.43 Å². The van der Waals surface area contributed by atoms with Crippen LogP contribution in [0.5, 0.6) is 0 Å². The number of hydrogen-bond acceptors (Lipinski definition) is 7. The SMILES string of the molecule is N=C(OCC(F)F)c1cnc(NC(=O)NCc2ccc(Cl)c(Cl)c2)cc1N.c1cocn1. The Bertz CT molecular complexity index is 1020. The zero-order valence-electron chi connectivity index (χ0n) is 16.3. The average molecular weight is 487 g/mol. The van der Waals surface area contributed by atoms with E-state index in [0.717, 1.165) is 11.8 Å². The summed E-state index contributed by atoms with van der Waals surface area (Å²) in [6, 6.07) is 5.69. The molecule has 3 aromatic rings. The number of benzene rings is 1. The Kier molecular flexibility index (Phi) is 9.64. The van der Waals surface area contributed by atoms with Crippen LogP contribution in [0.25, 0.3) is 0 Å². The van der Waals surface area contributed by atoms with Crippen LogP contribution in [0, 0.1) is 5.41 Å². The third-order valence-corrected chi connectivity index (χ3v) is 4.30. The fourth-order valence-electron chi connectivity index (χ4n) is 2.12. The maximum absolute atomic E-state index is 12.1. The molecule has 9 nitrogen and oxygen atoms in total. The van der Waals surface area contributed by atoms with Crippen molar-refractivity contribution >= 4 is 46.6 Å². The zero-order chi connectivity index (χ0) is 23.5. The molecule has 170 valence electrons. The zero-order valence-corrected chi connectivity index (χ0v) is 17.8. The van der Waals surface area contributed by atoms with E-state index in [9.17, 15) is 13.6 Å². The maximum atomic E-state index is 12.1. The van der Waals surface area contributed by atoms with Crippen molar-refractivity contribution in [3.05, 3.63) is 70.5 Å². The number of carbonyl (C=O) groups is 1. The van der Waals surface area contributed by atoms with E-state index in [1.807, 2.05) is 0 Å². The molecule has 2 aromatic heterocycles. The van der Waals surface area contributed by atoms with Gasteiger partial charge in [-0.15, -0.1) is 0 Å². The number of halogens is 4. The molecule has 13 heteroatoms. The number of ether oxygens (including phenoxy) is 1. The highest BCUT2D eigenvalue weighted by molar-refractivity contribution is 6.42. The van der Waals surface area contributed by atoms with Crippen LogP contribution in [0.2, 0.25) is 10.0 Å². The molecule has 2 amide bonds. The lowest BCUT2D eigenvalue weighted by Crippen LogP contribution is -2.28. The van der Waals surface area contributed by atoms with E-state index in [0.29, 0.717) is 10.0 Å². The van der Waals surface area contributed by atoms with Crippen LogP contribution in [0.15, 0.2) is 53.7 Å². The van der Waals surface area contributed by atoms with Crippen LogP contribution in [0.4, 0.5) is 25.1 Å². The Labute approximate surface area is 191 Å². The van der Waals surface area contributed by atoms with E-state index in [-0.39, 0.29) is 23.6 Å². The van der Waals surface area contributed by atoms with E-state index in [4.69, 9.17) is 34.3 Å². The Morgan fingerprint density at radius 2 is 2.06 bits per heavy atom. The summed E-state index contributed by atoms with van der Waals surface area (Å²) in [6.07, 6.45) is 2.91. The largest absolute Gasteiger partial charge is 0.471 e. The Balaban J connectivity index is 0.000000636. The molecule has 0 radical (unpaired) electrons. The van der Waals surface area contributed by atoms with Crippen molar-refractivity contribution in [2.75, 3.05) is 17.7 Å². The highest BCUT2D eigenvalue weighted by Gasteiger charge is 2.13. The maximum Gasteiger partial charge on any atom is 0.320 e. The lowest BCUT2D eigenvalue weighted by molar-refractivity contribution is 0.0761. The van der Waals surface area contributed by atoms with Crippen molar-refractivity contribution < 1.29 is 22.7 Å². The van der Waals surface area contributed by atoms with Gasteiger partial charge in [0.15, 0.2) is 13.0 Å². The number of hydrogen-bond donors (Lipinski definition) is 4. The molecular weight excluding hydrogens is 469 g/mol. The lowest BCUT2D eigenvalue weighted by Gasteiger charge is -2.11. The molecule has 0 spiro atoms. The monoisotopic (exact) mass is 486 g/mol. The van der Waals surface area contributed by atoms with Crippen LogP contribution in [-0.2, 0) is 11.3 Å². The van der Waals surface area contributed by atoms with Crippen molar-refractivity contribution in [1.29, 1.82) is 5.41 Å². The van der Waals surface area contributed by atoms with Crippen LogP contribution in [-0.4, -0.2) is 34.9 Å². The van der Waals surface area contributed by atoms with Crippen LogP contribution in [0.3, 0.4) is 0 Å². The third kappa shape index (κ3) is 8.36. The van der Waals surface area contributed by atoms with Crippen molar-refractivity contribution in [3.8, 4) is 0 Å². The number of carbonyl (C=O) groups excluding carboxylic acids is 1. The van der Waals surface area contributed by atoms with Crippen molar-refractivity contribution in [1.82, 2.24) is 15.3 Å². The number of rotatable bonds is 6. The standard InChI is InChI=1S/C16H15Cl2F2N5O2.C3H3NO/c17-10-2-1-8(3-11(10)18)5-24-16(26)25-14-4-12(21)9(6-23-14)15(22)27-7-13(19)20;1-2-5-3-4-1/h1-4,6,13,22H,5,7H2,(H4,21,23,24,25,26);1-3H. The number of nitrogen functional groups attached to an aromatic ring is 1. The van der Waals surface area contributed by atoms with Gasteiger partial charge in [-0.05, 0) is 17.7 Å². The number of pyridine rings is 1. The van der Waals surface area contributed by atoms with E-state index in [1.165, 1.54) is 18.7 Å². The van der Waals surface area contributed by atoms with Crippen molar-refractivity contribution in [2.24, 2.45) is 0 Å². The van der Waals surface area contributed by atoms with Gasteiger partial charge in [0.1, 0.15) is 12.1 Å². The number of oxazole rings is 1. The van der Waals surface area contributed by atoms with E-state index in [1.54, 1.807) is 24.4 Å². The molecular formula is C19H18Cl2F2N6O3. The second-order valence-electron chi connectivity index (χ2n) is 5.92. The highest BCUT2D eigenvalue weighted by Crippen LogP contribution is 2.22. The molecule has 2 heterocycles. The van der Waals surface area contributed by atoms with Gasteiger partial charge < -0.3 is 20.2 Å². The van der Waals surface area contributed by atoms with Gasteiger partial charge >= 0.3 is 6.03 Å². The molecule has 0 aliphatic carbocycles. The van der Waals surface area contributed by atoms with Gasteiger partial charge in [-0.3, -0.25) is 10.7 Å². The predicted octanol–water partition coefficient (Wildman–Crippen LogP) is 4.57. The lowest BCUT2D eigenvalue weighted by atomic mass is 10.2. The smallest absolute Gasteiger partial charge is 0.320 e. The number of nitrogens with two attached hydrogens (primary N) is 1. The molecule has 1 aromatic carbocycles. The summed E-state index contributed by atoms with van der Waals surface area (Å²) in [5.74, 6) is -0.416. The minimum Gasteiger partial charge on any atom is -0.471 e. The van der Waals surface area contributed by atoms with Gasteiger partial charge in [-0.2, -0.15) is 0 Å². The topological polar surface area (TPSA) is 139 Å². The first-order chi connectivity index (χ1) is 15.3. The minimum absolute atomic E-state index is 0.0393. The van der Waals surface area contributed by atoms with Crippen LogP contribution in [0.1, 0.15) is 11.1 Å². The van der Waals surface area contributed by atoms with E-state index >= 15 is 0 Å². The van der Waals surface area contributed by atoms with Crippen LogP contribution < -0.4 is 16.4 Å². The summed E-state index contributed by atoms with van der Waals surface area (Å²) >= 11 is 11.7. The Morgan fingerprint density at radius 1 is 1.28 bits per heavy atom. The van der Waals surface area contributed by atoms with Gasteiger partial charge in [-0.25, -0.2) is 23.5 Å². The first-order valence-corrected chi connectivity index (χ1v) is 9.58. The van der Waals surface area contributed by atoms with Gasteiger partial charge in [0, 0.05) is 24.5 Å². The third-order valence-electron chi connectivity index (χ3n) is 3.56. The van der Waals surface area contributed by atoms with Crippen molar-refractivity contribution in [3.63, 3.8) is 0 Å². The highest BCUT2D eigenvalue weighted by atomic mass is 35.5. The number of nitrogens with one attached hydrogen (secondary N) is 3. The normalized spacial score (nSPS) is 10.2.